The summed E-state index contributed by atoms with van der Waals surface area (Å²) in [5.41, 5.74) is 0.0630. The van der Waals surface area contributed by atoms with E-state index in [4.69, 9.17) is 9.47 Å². The first-order valence-corrected chi connectivity index (χ1v) is 5.04. The molecular weight excluding hydrogens is 166 g/mol. The maximum Gasteiger partial charge on any atom is 0.0779 e. The van der Waals surface area contributed by atoms with Crippen molar-refractivity contribution in [2.45, 2.75) is 38.4 Å². The summed E-state index contributed by atoms with van der Waals surface area (Å²) >= 11 is 0. The summed E-state index contributed by atoms with van der Waals surface area (Å²) in [6.07, 6.45) is 2.64. The Balaban J connectivity index is 2.11. The van der Waals surface area contributed by atoms with Gasteiger partial charge < -0.3 is 14.8 Å². The second-order valence-corrected chi connectivity index (χ2v) is 4.08. The van der Waals surface area contributed by atoms with E-state index in [1.54, 1.807) is 7.11 Å². The highest BCUT2D eigenvalue weighted by atomic mass is 16.5. The van der Waals surface area contributed by atoms with Gasteiger partial charge in [0, 0.05) is 26.8 Å². The Bertz CT molecular complexity index is 144. The molecule has 0 aromatic rings. The SMILES string of the molecule is COC(C)CNCC1(C)CCCO1. The fraction of sp³-hybridized carbons (Fsp3) is 1.00. The molecule has 1 fully saturated rings. The smallest absolute Gasteiger partial charge is 0.0779 e. The maximum atomic E-state index is 5.65. The number of ether oxygens (including phenoxy) is 2. The first-order valence-electron chi connectivity index (χ1n) is 5.04. The van der Waals surface area contributed by atoms with Gasteiger partial charge in [-0.25, -0.2) is 0 Å². The molecule has 0 amide bonds. The molecule has 1 N–H and O–H groups in total. The standard InChI is InChI=1S/C10H21NO2/c1-9(12-3)7-11-8-10(2)5-4-6-13-10/h9,11H,4-8H2,1-3H3. The fourth-order valence-electron chi connectivity index (χ4n) is 1.60. The Morgan fingerprint density at radius 2 is 2.38 bits per heavy atom. The third-order valence-electron chi connectivity index (χ3n) is 2.63. The van der Waals surface area contributed by atoms with E-state index in [1.165, 1.54) is 12.8 Å². The molecule has 1 aliphatic heterocycles. The zero-order valence-corrected chi connectivity index (χ0v) is 8.93. The molecule has 0 saturated carbocycles. The number of nitrogens with one attached hydrogen (secondary N) is 1. The predicted molar refractivity (Wildman–Crippen MR) is 52.9 cm³/mol. The van der Waals surface area contributed by atoms with Crippen molar-refractivity contribution in [2.75, 3.05) is 26.8 Å². The first-order chi connectivity index (χ1) is 6.16. The summed E-state index contributed by atoms with van der Waals surface area (Å²) in [6, 6.07) is 0. The van der Waals surface area contributed by atoms with Gasteiger partial charge in [0.25, 0.3) is 0 Å². The van der Waals surface area contributed by atoms with E-state index in [0.29, 0.717) is 0 Å². The molecule has 0 spiro atoms. The van der Waals surface area contributed by atoms with Crippen molar-refractivity contribution >= 4 is 0 Å². The average Bonchev–Trinajstić information content (AvgIpc) is 2.52. The van der Waals surface area contributed by atoms with Crippen LogP contribution in [0.4, 0.5) is 0 Å². The largest absolute Gasteiger partial charge is 0.380 e. The molecule has 13 heavy (non-hydrogen) atoms. The maximum absolute atomic E-state index is 5.65. The van der Waals surface area contributed by atoms with Crippen molar-refractivity contribution in [3.8, 4) is 0 Å². The lowest BCUT2D eigenvalue weighted by atomic mass is 10.0. The molecule has 1 aliphatic rings. The van der Waals surface area contributed by atoms with Gasteiger partial charge in [-0.1, -0.05) is 0 Å². The summed E-state index contributed by atoms with van der Waals surface area (Å²) in [6.45, 7) is 6.98. The summed E-state index contributed by atoms with van der Waals surface area (Å²) in [7, 11) is 1.74. The molecule has 78 valence electrons. The monoisotopic (exact) mass is 187 g/mol. The van der Waals surface area contributed by atoms with E-state index in [-0.39, 0.29) is 11.7 Å². The molecule has 3 nitrogen and oxygen atoms in total. The van der Waals surface area contributed by atoms with Gasteiger partial charge in [0.15, 0.2) is 0 Å². The van der Waals surface area contributed by atoms with E-state index < -0.39 is 0 Å². The molecule has 1 heterocycles. The van der Waals surface area contributed by atoms with Gasteiger partial charge in [-0.05, 0) is 26.7 Å². The normalized spacial score (nSPS) is 30.7. The van der Waals surface area contributed by atoms with Crippen LogP contribution in [0.5, 0.6) is 0 Å². The van der Waals surface area contributed by atoms with Crippen molar-refractivity contribution in [3.63, 3.8) is 0 Å². The topological polar surface area (TPSA) is 30.5 Å². The molecule has 1 rings (SSSR count). The number of methoxy groups -OCH3 is 1. The minimum absolute atomic E-state index is 0.0630. The van der Waals surface area contributed by atoms with Gasteiger partial charge in [0.05, 0.1) is 11.7 Å². The molecule has 1 saturated heterocycles. The van der Waals surface area contributed by atoms with Crippen LogP contribution in [0.15, 0.2) is 0 Å². The number of rotatable bonds is 5. The molecular formula is C10H21NO2. The molecule has 2 atom stereocenters. The summed E-state index contributed by atoms with van der Waals surface area (Å²) in [5.74, 6) is 0. The van der Waals surface area contributed by atoms with Crippen LogP contribution in [-0.4, -0.2) is 38.5 Å². The van der Waals surface area contributed by atoms with Crippen molar-refractivity contribution in [3.05, 3.63) is 0 Å². The summed E-state index contributed by atoms with van der Waals surface area (Å²) < 4.78 is 10.8. The van der Waals surface area contributed by atoms with Gasteiger partial charge in [-0.2, -0.15) is 0 Å². The molecule has 0 radical (unpaired) electrons. The highest BCUT2D eigenvalue weighted by Crippen LogP contribution is 2.23. The fourth-order valence-corrected chi connectivity index (χ4v) is 1.60. The van der Waals surface area contributed by atoms with Crippen LogP contribution < -0.4 is 5.32 Å². The van der Waals surface area contributed by atoms with Crippen LogP contribution in [0.25, 0.3) is 0 Å². The van der Waals surface area contributed by atoms with Crippen LogP contribution in [0.3, 0.4) is 0 Å². The van der Waals surface area contributed by atoms with Crippen molar-refractivity contribution in [1.29, 1.82) is 0 Å². The second-order valence-electron chi connectivity index (χ2n) is 4.08. The third-order valence-corrected chi connectivity index (χ3v) is 2.63. The molecule has 0 bridgehead atoms. The Hall–Kier alpha value is -0.120. The predicted octanol–water partition coefficient (Wildman–Crippen LogP) is 1.18. The average molecular weight is 187 g/mol. The Kier molecular flexibility index (Phi) is 4.16. The van der Waals surface area contributed by atoms with Gasteiger partial charge in [-0.3, -0.25) is 0 Å². The van der Waals surface area contributed by atoms with Gasteiger partial charge in [-0.15, -0.1) is 0 Å². The zero-order chi connectivity index (χ0) is 9.73. The van der Waals surface area contributed by atoms with E-state index in [0.717, 1.165) is 19.7 Å². The Morgan fingerprint density at radius 3 is 2.92 bits per heavy atom. The lowest BCUT2D eigenvalue weighted by molar-refractivity contribution is 0.0175. The van der Waals surface area contributed by atoms with Crippen LogP contribution in [0.2, 0.25) is 0 Å². The summed E-state index contributed by atoms with van der Waals surface area (Å²) in [4.78, 5) is 0. The van der Waals surface area contributed by atoms with Crippen LogP contribution in [0, 0.1) is 0 Å². The molecule has 3 heteroatoms. The Morgan fingerprint density at radius 1 is 1.62 bits per heavy atom. The molecule has 0 aromatic heterocycles. The Labute approximate surface area is 80.8 Å². The zero-order valence-electron chi connectivity index (χ0n) is 8.93. The van der Waals surface area contributed by atoms with Crippen LogP contribution in [-0.2, 0) is 9.47 Å². The van der Waals surface area contributed by atoms with Gasteiger partial charge in [0.2, 0.25) is 0 Å². The highest BCUT2D eigenvalue weighted by Gasteiger charge is 2.28. The molecule has 2 unspecified atom stereocenters. The van der Waals surface area contributed by atoms with E-state index in [2.05, 4.69) is 19.2 Å². The number of hydrogen-bond donors (Lipinski definition) is 1. The van der Waals surface area contributed by atoms with Gasteiger partial charge >= 0.3 is 0 Å². The second kappa shape index (κ2) is 4.94. The van der Waals surface area contributed by atoms with Crippen LogP contribution in [0.1, 0.15) is 26.7 Å². The van der Waals surface area contributed by atoms with E-state index in [9.17, 15) is 0 Å². The van der Waals surface area contributed by atoms with E-state index in [1.807, 2.05) is 0 Å². The van der Waals surface area contributed by atoms with E-state index >= 15 is 0 Å². The molecule has 0 aliphatic carbocycles. The van der Waals surface area contributed by atoms with Crippen molar-refractivity contribution in [2.24, 2.45) is 0 Å². The van der Waals surface area contributed by atoms with Gasteiger partial charge in [0.1, 0.15) is 0 Å². The lowest BCUT2D eigenvalue weighted by Gasteiger charge is -2.24. The lowest BCUT2D eigenvalue weighted by Crippen LogP contribution is -2.40. The van der Waals surface area contributed by atoms with Crippen molar-refractivity contribution in [1.82, 2.24) is 5.32 Å². The minimum atomic E-state index is 0.0630. The van der Waals surface area contributed by atoms with Crippen LogP contribution >= 0.6 is 0 Å². The highest BCUT2D eigenvalue weighted by molar-refractivity contribution is 4.82. The number of hydrogen-bond acceptors (Lipinski definition) is 3. The summed E-state index contributed by atoms with van der Waals surface area (Å²) in [5, 5.41) is 3.37. The quantitative estimate of drug-likeness (QED) is 0.701. The first kappa shape index (κ1) is 11.0. The molecule has 0 aromatic carbocycles. The van der Waals surface area contributed by atoms with Crippen molar-refractivity contribution < 1.29 is 9.47 Å². The minimum Gasteiger partial charge on any atom is -0.380 e. The third kappa shape index (κ3) is 3.63.